The number of unbranched alkanes of at least 4 members (excludes halogenated alkanes) is 2. The van der Waals surface area contributed by atoms with Gasteiger partial charge < -0.3 is 10.0 Å². The van der Waals surface area contributed by atoms with Crippen LogP contribution in [0.2, 0.25) is 0 Å². The molecular formula is C16H27NO2. The minimum absolute atomic E-state index is 0.157. The number of carbonyl (C=O) groups excluding carboxylic acids is 1. The van der Waals surface area contributed by atoms with E-state index in [4.69, 9.17) is 0 Å². The average molecular weight is 265 g/mol. The first-order valence-electron chi connectivity index (χ1n) is 7.46. The van der Waals surface area contributed by atoms with Gasteiger partial charge in [-0.2, -0.15) is 0 Å². The van der Waals surface area contributed by atoms with Gasteiger partial charge >= 0.3 is 0 Å². The Labute approximate surface area is 117 Å². The summed E-state index contributed by atoms with van der Waals surface area (Å²) in [4.78, 5) is 13.6. The van der Waals surface area contributed by atoms with Crippen LogP contribution in [0.25, 0.3) is 0 Å². The minimum atomic E-state index is -0.370. The number of nitrogens with zero attached hydrogens (tertiary/aromatic N) is 1. The molecule has 1 aliphatic rings. The van der Waals surface area contributed by atoms with Gasteiger partial charge in [-0.1, -0.05) is 50.5 Å². The second kappa shape index (κ2) is 8.92. The molecule has 19 heavy (non-hydrogen) atoms. The fourth-order valence-corrected chi connectivity index (χ4v) is 2.37. The summed E-state index contributed by atoms with van der Waals surface area (Å²) in [6.45, 7) is 4.80. The van der Waals surface area contributed by atoms with Gasteiger partial charge in [-0.15, -0.1) is 0 Å². The maximum atomic E-state index is 11.7. The Morgan fingerprint density at radius 1 is 1.47 bits per heavy atom. The molecule has 1 rings (SSSR count). The Morgan fingerprint density at radius 2 is 2.26 bits per heavy atom. The monoisotopic (exact) mass is 265 g/mol. The van der Waals surface area contributed by atoms with Crippen molar-refractivity contribution in [3.8, 4) is 0 Å². The zero-order valence-electron chi connectivity index (χ0n) is 12.2. The fraction of sp³-hybridized carbons (Fsp3) is 0.688. The first-order chi connectivity index (χ1) is 9.19. The van der Waals surface area contributed by atoms with E-state index >= 15 is 0 Å². The normalized spacial score (nSPS) is 21.9. The summed E-state index contributed by atoms with van der Waals surface area (Å²) in [5.41, 5.74) is 0. The number of hydrogen-bond donors (Lipinski definition) is 1. The van der Waals surface area contributed by atoms with Gasteiger partial charge in [-0.3, -0.25) is 4.79 Å². The molecule has 1 fully saturated rings. The summed E-state index contributed by atoms with van der Waals surface area (Å²) in [5, 5.41) is 9.86. The third kappa shape index (κ3) is 5.60. The number of allylic oxidation sites excluding steroid dienone is 1. The van der Waals surface area contributed by atoms with Gasteiger partial charge in [0, 0.05) is 13.0 Å². The number of rotatable bonds is 8. The molecule has 1 heterocycles. The molecule has 0 aromatic carbocycles. The first-order valence-corrected chi connectivity index (χ1v) is 7.46. The molecule has 0 spiro atoms. The van der Waals surface area contributed by atoms with Gasteiger partial charge in [0.05, 0.1) is 12.1 Å². The van der Waals surface area contributed by atoms with E-state index in [1.165, 1.54) is 12.8 Å². The van der Waals surface area contributed by atoms with Crippen LogP contribution in [0.3, 0.4) is 0 Å². The van der Waals surface area contributed by atoms with E-state index in [9.17, 15) is 9.90 Å². The lowest BCUT2D eigenvalue weighted by molar-refractivity contribution is -0.127. The maximum Gasteiger partial charge on any atom is 0.223 e. The lowest BCUT2D eigenvalue weighted by Crippen LogP contribution is -2.32. The van der Waals surface area contributed by atoms with Crippen molar-refractivity contribution >= 4 is 5.91 Å². The Morgan fingerprint density at radius 3 is 2.95 bits per heavy atom. The molecule has 0 aromatic rings. The molecule has 0 aliphatic carbocycles. The van der Waals surface area contributed by atoms with Crippen LogP contribution in [0.5, 0.6) is 0 Å². The van der Waals surface area contributed by atoms with Crippen molar-refractivity contribution in [1.29, 1.82) is 0 Å². The summed E-state index contributed by atoms with van der Waals surface area (Å²) in [6.07, 6.45) is 13.2. The van der Waals surface area contributed by atoms with E-state index in [0.29, 0.717) is 13.0 Å². The molecule has 0 saturated carbocycles. The minimum Gasteiger partial charge on any atom is -0.389 e. The van der Waals surface area contributed by atoms with E-state index in [-0.39, 0.29) is 18.1 Å². The molecule has 1 aliphatic heterocycles. The van der Waals surface area contributed by atoms with Crippen molar-refractivity contribution in [1.82, 2.24) is 4.90 Å². The topological polar surface area (TPSA) is 40.5 Å². The molecule has 0 aromatic heterocycles. The van der Waals surface area contributed by atoms with E-state index in [2.05, 4.69) is 6.92 Å². The van der Waals surface area contributed by atoms with Crippen LogP contribution in [0.1, 0.15) is 52.4 Å². The molecule has 3 heteroatoms. The zero-order chi connectivity index (χ0) is 14.1. The van der Waals surface area contributed by atoms with Gasteiger partial charge in [-0.05, 0) is 19.8 Å². The van der Waals surface area contributed by atoms with Crippen LogP contribution in [-0.4, -0.2) is 34.6 Å². The Hall–Kier alpha value is -1.09. The zero-order valence-corrected chi connectivity index (χ0v) is 12.2. The van der Waals surface area contributed by atoms with Crippen molar-refractivity contribution in [2.45, 2.75) is 64.5 Å². The Bertz CT molecular complexity index is 323. The maximum absolute atomic E-state index is 11.7. The van der Waals surface area contributed by atoms with Gasteiger partial charge in [-0.25, -0.2) is 0 Å². The van der Waals surface area contributed by atoms with Gasteiger partial charge in [0.1, 0.15) is 0 Å². The second-order valence-corrected chi connectivity index (χ2v) is 5.17. The highest BCUT2D eigenvalue weighted by molar-refractivity contribution is 5.79. The number of aliphatic hydroxyl groups is 1. The predicted octanol–water partition coefficient (Wildman–Crippen LogP) is 3.05. The van der Waals surface area contributed by atoms with Gasteiger partial charge in [0.15, 0.2) is 0 Å². The highest BCUT2D eigenvalue weighted by atomic mass is 16.3. The van der Waals surface area contributed by atoms with Crippen LogP contribution in [0.4, 0.5) is 0 Å². The molecule has 0 bridgehead atoms. The number of carbonyl (C=O) groups is 1. The van der Waals surface area contributed by atoms with Crippen molar-refractivity contribution in [2.75, 3.05) is 6.54 Å². The lowest BCUT2D eigenvalue weighted by Gasteiger charge is -2.21. The lowest BCUT2D eigenvalue weighted by atomic mass is 10.1. The largest absolute Gasteiger partial charge is 0.389 e. The third-order valence-electron chi connectivity index (χ3n) is 3.57. The van der Waals surface area contributed by atoms with Crippen LogP contribution >= 0.6 is 0 Å². The summed E-state index contributed by atoms with van der Waals surface area (Å²) >= 11 is 0. The molecule has 1 unspecified atom stereocenters. The Balaban J connectivity index is 2.42. The van der Waals surface area contributed by atoms with Crippen LogP contribution < -0.4 is 0 Å². The Kier molecular flexibility index (Phi) is 7.49. The first kappa shape index (κ1) is 16.0. The number of likely N-dealkylation sites (tertiary alicyclic amines) is 1. The number of aliphatic hydroxyl groups excluding tert-OH is 1. The smallest absolute Gasteiger partial charge is 0.223 e. The summed E-state index contributed by atoms with van der Waals surface area (Å²) in [7, 11) is 0. The van der Waals surface area contributed by atoms with Crippen molar-refractivity contribution in [3.63, 3.8) is 0 Å². The van der Waals surface area contributed by atoms with E-state index < -0.39 is 0 Å². The van der Waals surface area contributed by atoms with Crippen LogP contribution in [0, 0.1) is 0 Å². The predicted molar refractivity (Wildman–Crippen MR) is 78.8 cm³/mol. The standard InChI is InChI=1S/C16H27NO2/c1-3-5-7-8-15(18)11-9-14-10-12-16(19)17(14)13-6-4-2/h4,6,9,11,14-15,18H,3,5,7-8,10,12-13H2,1-2H3/b6-4?,11-9+/t14-,15?/m0/s1. The fourth-order valence-electron chi connectivity index (χ4n) is 2.37. The van der Waals surface area contributed by atoms with Crippen molar-refractivity contribution in [3.05, 3.63) is 24.3 Å². The van der Waals surface area contributed by atoms with Gasteiger partial charge in [0.2, 0.25) is 5.91 Å². The molecule has 3 nitrogen and oxygen atoms in total. The molecule has 1 amide bonds. The quantitative estimate of drug-likeness (QED) is 0.541. The highest BCUT2D eigenvalue weighted by Gasteiger charge is 2.27. The summed E-state index contributed by atoms with van der Waals surface area (Å²) < 4.78 is 0. The van der Waals surface area contributed by atoms with Crippen LogP contribution in [0.15, 0.2) is 24.3 Å². The van der Waals surface area contributed by atoms with Crippen LogP contribution in [-0.2, 0) is 4.79 Å². The molecule has 1 N–H and O–H groups in total. The van der Waals surface area contributed by atoms with Gasteiger partial charge in [0.25, 0.3) is 0 Å². The molecule has 2 atom stereocenters. The highest BCUT2D eigenvalue weighted by Crippen LogP contribution is 2.20. The molecule has 0 radical (unpaired) electrons. The number of hydrogen-bond acceptors (Lipinski definition) is 2. The van der Waals surface area contributed by atoms with E-state index in [1.807, 2.05) is 36.1 Å². The third-order valence-corrected chi connectivity index (χ3v) is 3.57. The SMILES string of the molecule is CC=CCN1C(=O)CC[C@@H]1/C=C/C(O)CCCCC. The molecule has 1 saturated heterocycles. The molecular weight excluding hydrogens is 238 g/mol. The van der Waals surface area contributed by atoms with Crippen molar-refractivity contribution < 1.29 is 9.90 Å². The summed E-state index contributed by atoms with van der Waals surface area (Å²) in [6, 6.07) is 0.157. The summed E-state index contributed by atoms with van der Waals surface area (Å²) in [5.74, 6) is 0.216. The van der Waals surface area contributed by atoms with E-state index in [1.54, 1.807) is 0 Å². The average Bonchev–Trinajstić information content (AvgIpc) is 2.75. The number of amides is 1. The van der Waals surface area contributed by atoms with Crippen molar-refractivity contribution in [2.24, 2.45) is 0 Å². The van der Waals surface area contributed by atoms with E-state index in [0.717, 1.165) is 19.3 Å². The molecule has 108 valence electrons. The second-order valence-electron chi connectivity index (χ2n) is 5.17.